The van der Waals surface area contributed by atoms with Crippen LogP contribution in [0.1, 0.15) is 32.3 Å². The maximum Gasteiger partial charge on any atom is 0.223 e. The molecule has 134 valence electrons. The summed E-state index contributed by atoms with van der Waals surface area (Å²) in [5.74, 6) is 0.390. The Balaban J connectivity index is 1.88. The van der Waals surface area contributed by atoms with Gasteiger partial charge in [-0.25, -0.2) is 12.7 Å². The molecule has 0 saturated carbocycles. The summed E-state index contributed by atoms with van der Waals surface area (Å²) in [5, 5.41) is 2.94. The van der Waals surface area contributed by atoms with Crippen LogP contribution in [0, 0.1) is 11.8 Å². The van der Waals surface area contributed by atoms with Crippen LogP contribution in [-0.2, 0) is 20.6 Å². The van der Waals surface area contributed by atoms with E-state index in [-0.39, 0.29) is 17.6 Å². The summed E-state index contributed by atoms with van der Waals surface area (Å²) in [6.45, 7) is 5.60. The van der Waals surface area contributed by atoms with Crippen LogP contribution in [0.5, 0.6) is 0 Å². The molecule has 0 spiro atoms. The van der Waals surface area contributed by atoms with E-state index in [4.69, 9.17) is 0 Å². The van der Waals surface area contributed by atoms with E-state index in [0.29, 0.717) is 38.4 Å². The topological polar surface area (TPSA) is 66.5 Å². The van der Waals surface area contributed by atoms with Crippen molar-refractivity contribution in [2.24, 2.45) is 11.8 Å². The van der Waals surface area contributed by atoms with Gasteiger partial charge in [0.1, 0.15) is 0 Å². The fourth-order valence-electron chi connectivity index (χ4n) is 2.73. The second-order valence-electron chi connectivity index (χ2n) is 6.70. The van der Waals surface area contributed by atoms with Gasteiger partial charge in [0.25, 0.3) is 0 Å². The van der Waals surface area contributed by atoms with Crippen molar-refractivity contribution in [3.8, 4) is 0 Å². The van der Waals surface area contributed by atoms with Crippen LogP contribution in [0.15, 0.2) is 28.7 Å². The van der Waals surface area contributed by atoms with E-state index >= 15 is 0 Å². The van der Waals surface area contributed by atoms with Gasteiger partial charge in [0.2, 0.25) is 15.9 Å². The zero-order valence-electron chi connectivity index (χ0n) is 14.2. The molecule has 1 aromatic rings. The maximum atomic E-state index is 12.5. The Morgan fingerprint density at radius 3 is 2.38 bits per heavy atom. The molecule has 0 bridgehead atoms. The molecule has 0 unspecified atom stereocenters. The minimum absolute atomic E-state index is 0.00446. The average Bonchev–Trinajstić information content (AvgIpc) is 2.54. The first-order valence-electron chi connectivity index (χ1n) is 8.28. The molecule has 1 aliphatic rings. The Kier molecular flexibility index (Phi) is 6.83. The number of sulfonamides is 1. The fourth-order valence-corrected chi connectivity index (χ4v) is 4.56. The molecule has 1 saturated heterocycles. The van der Waals surface area contributed by atoms with Crippen molar-refractivity contribution in [3.05, 3.63) is 34.3 Å². The Hall–Kier alpha value is -0.920. The molecule has 24 heavy (non-hydrogen) atoms. The lowest BCUT2D eigenvalue weighted by molar-refractivity contribution is -0.126. The van der Waals surface area contributed by atoms with E-state index in [2.05, 4.69) is 35.1 Å². The summed E-state index contributed by atoms with van der Waals surface area (Å²) in [7, 11) is -3.34. The number of nitrogens with one attached hydrogen (secondary N) is 1. The van der Waals surface area contributed by atoms with Crippen LogP contribution in [0.3, 0.4) is 0 Å². The van der Waals surface area contributed by atoms with Gasteiger partial charge in [0, 0.05) is 30.0 Å². The minimum atomic E-state index is -3.34. The van der Waals surface area contributed by atoms with Crippen molar-refractivity contribution in [2.45, 2.75) is 32.4 Å². The number of hydrogen-bond donors (Lipinski definition) is 1. The predicted octanol–water partition coefficient (Wildman–Crippen LogP) is 2.76. The number of carbonyl (C=O) groups is 1. The highest BCUT2D eigenvalue weighted by Gasteiger charge is 2.31. The van der Waals surface area contributed by atoms with Crippen LogP contribution < -0.4 is 5.32 Å². The molecule has 0 atom stereocenters. The zero-order valence-corrected chi connectivity index (χ0v) is 16.6. The summed E-state index contributed by atoms with van der Waals surface area (Å²) in [4.78, 5) is 12.1. The van der Waals surface area contributed by atoms with Crippen molar-refractivity contribution in [1.29, 1.82) is 0 Å². The molecule has 5 nitrogen and oxygen atoms in total. The van der Waals surface area contributed by atoms with Crippen LogP contribution in [0.4, 0.5) is 0 Å². The van der Waals surface area contributed by atoms with Gasteiger partial charge in [-0.05, 0) is 36.5 Å². The molecule has 1 aliphatic heterocycles. The van der Waals surface area contributed by atoms with Gasteiger partial charge in [0.15, 0.2) is 0 Å². The van der Waals surface area contributed by atoms with E-state index in [1.54, 1.807) is 0 Å². The van der Waals surface area contributed by atoms with E-state index in [0.717, 1.165) is 10.0 Å². The lowest BCUT2D eigenvalue weighted by atomic mass is 9.97. The summed E-state index contributed by atoms with van der Waals surface area (Å²) < 4.78 is 27.5. The third kappa shape index (κ3) is 5.57. The van der Waals surface area contributed by atoms with Gasteiger partial charge < -0.3 is 5.32 Å². The van der Waals surface area contributed by atoms with Crippen molar-refractivity contribution >= 4 is 31.9 Å². The van der Waals surface area contributed by atoms with Gasteiger partial charge in [-0.3, -0.25) is 4.79 Å². The standard InChI is InChI=1S/C17H25BrN2O3S/c1-13(2)11-19-17(21)15-7-9-20(10-8-15)24(22,23)12-14-3-5-16(18)6-4-14/h3-6,13,15H,7-12H2,1-2H3,(H,19,21). The summed E-state index contributed by atoms with van der Waals surface area (Å²) in [5.41, 5.74) is 0.773. The summed E-state index contributed by atoms with van der Waals surface area (Å²) in [6.07, 6.45) is 1.17. The van der Waals surface area contributed by atoms with E-state index in [9.17, 15) is 13.2 Å². The number of benzene rings is 1. The maximum absolute atomic E-state index is 12.5. The third-order valence-electron chi connectivity index (χ3n) is 4.16. The molecule has 0 aliphatic carbocycles. The zero-order chi connectivity index (χ0) is 17.7. The summed E-state index contributed by atoms with van der Waals surface area (Å²) >= 11 is 3.35. The normalized spacial score (nSPS) is 17.2. The molecule has 0 radical (unpaired) electrons. The minimum Gasteiger partial charge on any atom is -0.356 e. The predicted molar refractivity (Wildman–Crippen MR) is 98.9 cm³/mol. The van der Waals surface area contributed by atoms with Crippen molar-refractivity contribution < 1.29 is 13.2 Å². The molecule has 1 heterocycles. The van der Waals surface area contributed by atoms with Gasteiger partial charge in [-0.1, -0.05) is 41.9 Å². The SMILES string of the molecule is CC(C)CNC(=O)C1CCN(S(=O)(=O)Cc2ccc(Br)cc2)CC1. The van der Waals surface area contributed by atoms with Gasteiger partial charge >= 0.3 is 0 Å². The second-order valence-corrected chi connectivity index (χ2v) is 9.58. The first-order chi connectivity index (χ1) is 11.3. The summed E-state index contributed by atoms with van der Waals surface area (Å²) in [6, 6.07) is 7.31. The van der Waals surface area contributed by atoms with Crippen LogP contribution >= 0.6 is 15.9 Å². The van der Waals surface area contributed by atoms with Gasteiger partial charge in [-0.2, -0.15) is 0 Å². The average molecular weight is 417 g/mol. The number of halogens is 1. The number of nitrogens with zero attached hydrogens (tertiary/aromatic N) is 1. The van der Waals surface area contributed by atoms with E-state index < -0.39 is 10.0 Å². The number of hydrogen-bond acceptors (Lipinski definition) is 3. The van der Waals surface area contributed by atoms with Gasteiger partial charge in [-0.15, -0.1) is 0 Å². The molecule has 1 fully saturated rings. The molecule has 7 heteroatoms. The molecule has 1 aromatic carbocycles. The molecular weight excluding hydrogens is 392 g/mol. The third-order valence-corrected chi connectivity index (χ3v) is 6.54. The Morgan fingerprint density at radius 1 is 1.25 bits per heavy atom. The number of piperidine rings is 1. The van der Waals surface area contributed by atoms with E-state index in [1.165, 1.54) is 4.31 Å². The Bertz CT molecular complexity index is 651. The van der Waals surface area contributed by atoms with Crippen molar-refractivity contribution in [1.82, 2.24) is 9.62 Å². The Morgan fingerprint density at radius 2 is 1.83 bits per heavy atom. The monoisotopic (exact) mass is 416 g/mol. The smallest absolute Gasteiger partial charge is 0.223 e. The van der Waals surface area contributed by atoms with Gasteiger partial charge in [0.05, 0.1) is 5.75 Å². The second kappa shape index (κ2) is 8.45. The highest BCUT2D eigenvalue weighted by atomic mass is 79.9. The fraction of sp³-hybridized carbons (Fsp3) is 0.588. The molecule has 2 rings (SSSR count). The first-order valence-corrected chi connectivity index (χ1v) is 10.7. The largest absolute Gasteiger partial charge is 0.356 e. The number of rotatable bonds is 6. The molecule has 0 aromatic heterocycles. The van der Waals surface area contributed by atoms with Crippen LogP contribution in [-0.4, -0.2) is 38.3 Å². The molecular formula is C17H25BrN2O3S. The molecule has 1 N–H and O–H groups in total. The Labute approximate surface area is 153 Å². The number of carbonyl (C=O) groups excluding carboxylic acids is 1. The quantitative estimate of drug-likeness (QED) is 0.774. The first kappa shape index (κ1) is 19.4. The molecule has 1 amide bonds. The van der Waals surface area contributed by atoms with Crippen molar-refractivity contribution in [3.63, 3.8) is 0 Å². The van der Waals surface area contributed by atoms with Crippen LogP contribution in [0.25, 0.3) is 0 Å². The highest BCUT2D eigenvalue weighted by molar-refractivity contribution is 9.10. The van der Waals surface area contributed by atoms with E-state index in [1.807, 2.05) is 24.3 Å². The lowest BCUT2D eigenvalue weighted by Gasteiger charge is -2.30. The number of amides is 1. The van der Waals surface area contributed by atoms with Crippen molar-refractivity contribution in [2.75, 3.05) is 19.6 Å². The van der Waals surface area contributed by atoms with Crippen LogP contribution in [0.2, 0.25) is 0 Å². The highest BCUT2D eigenvalue weighted by Crippen LogP contribution is 2.22. The lowest BCUT2D eigenvalue weighted by Crippen LogP contribution is -2.43.